The van der Waals surface area contributed by atoms with Crippen molar-refractivity contribution in [1.29, 1.82) is 0 Å². The van der Waals surface area contributed by atoms with Gasteiger partial charge in [0.1, 0.15) is 19.3 Å². The summed E-state index contributed by atoms with van der Waals surface area (Å²) in [5, 5.41) is 0. The maximum Gasteiger partial charge on any atom is 0.473 e. The number of allylic oxidation sites excluding steroid dienone is 1. The Morgan fingerprint density at radius 3 is 2.41 bits per heavy atom. The summed E-state index contributed by atoms with van der Waals surface area (Å²) in [5.41, 5.74) is 2.12. The van der Waals surface area contributed by atoms with Crippen LogP contribution in [0, 0.1) is 46.3 Å². The van der Waals surface area contributed by atoms with Crippen molar-refractivity contribution in [2.75, 3.05) is 34.3 Å². The fraction of sp³-hybridized carbons (Fsp3) is 0.914. The summed E-state index contributed by atoms with van der Waals surface area (Å²) in [6.45, 7) is 14.4. The van der Waals surface area contributed by atoms with Crippen LogP contribution in [0.2, 0.25) is 0 Å². The summed E-state index contributed by atoms with van der Waals surface area (Å²) in [4.78, 5) is 23.0. The van der Waals surface area contributed by atoms with E-state index in [2.05, 4.69) is 40.7 Å². The highest BCUT2D eigenvalue weighted by Gasteiger charge is 2.59. The number of likely N-dealkylation sites (N-methyl/N-ethyl adjacent to an activating group) is 1. The second-order valence-corrected chi connectivity index (χ2v) is 18.1. The Hall–Kier alpha value is -0.760. The van der Waals surface area contributed by atoms with Crippen LogP contribution in [0.25, 0.3) is 0 Å². The smallest absolute Gasteiger partial charge is 0.473 e. The maximum absolute atomic E-state index is 12.9. The first-order valence-corrected chi connectivity index (χ1v) is 18.8. The summed E-state index contributed by atoms with van der Waals surface area (Å²) < 4.78 is 29.1. The first-order valence-electron chi connectivity index (χ1n) is 17.3. The van der Waals surface area contributed by atoms with Crippen molar-refractivity contribution in [3.8, 4) is 0 Å². The Bertz CT molecular complexity index is 1060. The van der Waals surface area contributed by atoms with Crippen LogP contribution in [0.3, 0.4) is 0 Å². The molecular weight excluding hydrogens is 577 g/mol. The van der Waals surface area contributed by atoms with Crippen LogP contribution in [-0.2, 0) is 23.1 Å². The molecular formula is C35H64NO7P. The third-order valence-electron chi connectivity index (χ3n) is 12.2. The van der Waals surface area contributed by atoms with Gasteiger partial charge in [-0.25, -0.2) is 9.36 Å². The molecule has 2 N–H and O–H groups in total. The minimum Gasteiger partial charge on any atom is -0.870 e. The molecule has 10 atom stereocenters. The molecule has 3 saturated carbocycles. The van der Waals surface area contributed by atoms with Gasteiger partial charge in [0, 0.05) is 6.42 Å². The highest BCUT2D eigenvalue weighted by atomic mass is 31.2. The zero-order chi connectivity index (χ0) is 31.8. The van der Waals surface area contributed by atoms with Crippen LogP contribution < -0.4 is 0 Å². The van der Waals surface area contributed by atoms with Gasteiger partial charge >= 0.3 is 13.8 Å². The van der Waals surface area contributed by atoms with E-state index in [-0.39, 0.29) is 23.6 Å². The molecule has 0 aromatic heterocycles. The van der Waals surface area contributed by atoms with Gasteiger partial charge in [-0.2, -0.15) is 0 Å². The molecule has 3 fully saturated rings. The minimum absolute atomic E-state index is 0. The molecule has 8 nitrogen and oxygen atoms in total. The number of phosphoric ester groups is 1. The summed E-state index contributed by atoms with van der Waals surface area (Å²) in [6, 6.07) is 0. The highest BCUT2D eigenvalue weighted by molar-refractivity contribution is 7.47. The minimum atomic E-state index is -4.35. The molecule has 44 heavy (non-hydrogen) atoms. The molecule has 0 spiro atoms. The van der Waals surface area contributed by atoms with Crippen LogP contribution >= 0.6 is 7.82 Å². The van der Waals surface area contributed by atoms with Gasteiger partial charge in [-0.3, -0.25) is 9.05 Å². The number of carbonyl (C=O) groups excluding carboxylic acids is 1. The van der Waals surface area contributed by atoms with Gasteiger partial charge < -0.3 is 19.6 Å². The van der Waals surface area contributed by atoms with Crippen LogP contribution in [0.5, 0.6) is 0 Å². The van der Waals surface area contributed by atoms with E-state index in [9.17, 15) is 14.3 Å². The van der Waals surface area contributed by atoms with Gasteiger partial charge in [0.05, 0.1) is 21.1 Å². The molecule has 0 bridgehead atoms. The number of phosphoric acid groups is 1. The van der Waals surface area contributed by atoms with E-state index in [4.69, 9.17) is 13.8 Å². The predicted octanol–water partition coefficient (Wildman–Crippen LogP) is 7.99. The van der Waals surface area contributed by atoms with E-state index in [1.54, 1.807) is 0 Å². The molecule has 1 unspecified atom stereocenters. The van der Waals surface area contributed by atoms with E-state index in [1.165, 1.54) is 57.4 Å². The standard InChI is InChI=1S/C35H62NO6P.H2O/c1-24(2)11-10-12-25(3)30-15-16-31-29-14-13-27-23-28(17-19-34(27,5)32(29)18-20-35(30,31)6)41-33(37)26(4)42-43(38,39)40-22-21-36(7,8)9;/h13,24-26,28-32H,10-12,14-23H2,1-9H3;1H2/t25-,26+,28+,29+,30-,31+,32+,34+,35-;/m1./s1. The van der Waals surface area contributed by atoms with Gasteiger partial charge in [0.25, 0.3) is 0 Å². The van der Waals surface area contributed by atoms with Gasteiger partial charge in [0.15, 0.2) is 6.10 Å². The Morgan fingerprint density at radius 2 is 1.75 bits per heavy atom. The van der Waals surface area contributed by atoms with Crippen molar-refractivity contribution in [1.82, 2.24) is 0 Å². The van der Waals surface area contributed by atoms with Crippen molar-refractivity contribution >= 4 is 13.8 Å². The van der Waals surface area contributed by atoms with Crippen molar-refractivity contribution < 1.29 is 38.0 Å². The molecule has 0 saturated heterocycles. The lowest BCUT2D eigenvalue weighted by Crippen LogP contribution is -2.51. The number of esters is 1. The summed E-state index contributed by atoms with van der Waals surface area (Å²) in [5.74, 6) is 4.19. The Kier molecular flexibility index (Phi) is 12.5. The van der Waals surface area contributed by atoms with E-state index < -0.39 is 19.9 Å². The lowest BCUT2D eigenvalue weighted by Gasteiger charge is -2.58. The van der Waals surface area contributed by atoms with Crippen LogP contribution in [0.1, 0.15) is 112 Å². The Labute approximate surface area is 268 Å². The quantitative estimate of drug-likeness (QED) is 0.0939. The molecule has 4 rings (SSSR count). The molecule has 0 aliphatic heterocycles. The predicted molar refractivity (Wildman–Crippen MR) is 174 cm³/mol. The van der Waals surface area contributed by atoms with Crippen LogP contribution in [0.15, 0.2) is 11.6 Å². The number of ether oxygens (including phenoxy) is 1. The van der Waals surface area contributed by atoms with Crippen molar-refractivity contribution in [3.05, 3.63) is 11.6 Å². The van der Waals surface area contributed by atoms with E-state index in [1.807, 2.05) is 21.1 Å². The first-order chi connectivity index (χ1) is 19.9. The molecule has 0 radical (unpaired) electrons. The number of fused-ring (bicyclic) bond motifs is 5. The number of carbonyl (C=O) groups is 1. The number of hydrogen-bond acceptors (Lipinski definition) is 6. The maximum atomic E-state index is 12.9. The fourth-order valence-corrected chi connectivity index (χ4v) is 10.6. The van der Waals surface area contributed by atoms with E-state index in [0.717, 1.165) is 55.3 Å². The molecule has 0 amide bonds. The van der Waals surface area contributed by atoms with Gasteiger partial charge in [-0.1, -0.05) is 65.5 Å². The Morgan fingerprint density at radius 1 is 1.05 bits per heavy atom. The average Bonchev–Trinajstić information content (AvgIpc) is 3.24. The second-order valence-electron chi connectivity index (χ2n) is 16.7. The second kappa shape index (κ2) is 14.6. The van der Waals surface area contributed by atoms with Crippen molar-refractivity contribution in [2.45, 2.75) is 124 Å². The zero-order valence-corrected chi connectivity index (χ0v) is 30.1. The highest BCUT2D eigenvalue weighted by Crippen LogP contribution is 2.67. The topological polar surface area (TPSA) is 112 Å². The van der Waals surface area contributed by atoms with Crippen LogP contribution in [0.4, 0.5) is 0 Å². The summed E-state index contributed by atoms with van der Waals surface area (Å²) in [7, 11) is 1.55. The third-order valence-corrected chi connectivity index (χ3v) is 13.3. The molecule has 9 heteroatoms. The number of quaternary nitrogens is 1. The molecule has 256 valence electrons. The largest absolute Gasteiger partial charge is 0.870 e. The summed E-state index contributed by atoms with van der Waals surface area (Å²) >= 11 is 0. The van der Waals surface area contributed by atoms with E-state index in [0.29, 0.717) is 22.4 Å². The number of hydrogen-bond donors (Lipinski definition) is 1. The molecule has 4 aliphatic carbocycles. The monoisotopic (exact) mass is 641 g/mol. The van der Waals surface area contributed by atoms with Gasteiger partial charge in [-0.15, -0.1) is 0 Å². The van der Waals surface area contributed by atoms with E-state index >= 15 is 0 Å². The average molecular weight is 642 g/mol. The first kappa shape index (κ1) is 37.7. The van der Waals surface area contributed by atoms with Crippen LogP contribution in [-0.4, -0.2) is 67.3 Å². The van der Waals surface area contributed by atoms with Gasteiger partial charge in [0.2, 0.25) is 0 Å². The van der Waals surface area contributed by atoms with Crippen molar-refractivity contribution in [3.63, 3.8) is 0 Å². The summed E-state index contributed by atoms with van der Waals surface area (Å²) in [6.07, 6.45) is 14.4. The lowest BCUT2D eigenvalue weighted by atomic mass is 9.47. The molecule has 0 aromatic carbocycles. The Balaban J connectivity index is 0.00000529. The van der Waals surface area contributed by atoms with Gasteiger partial charge in [-0.05, 0) is 98.2 Å². The zero-order valence-electron chi connectivity index (χ0n) is 29.2. The molecule has 0 heterocycles. The third kappa shape index (κ3) is 8.58. The molecule has 4 aliphatic rings. The van der Waals surface area contributed by atoms with Crippen molar-refractivity contribution in [2.24, 2.45) is 46.3 Å². The normalized spacial score (nSPS) is 36.2. The fourth-order valence-electron chi connectivity index (χ4n) is 9.72. The molecule has 0 aromatic rings. The lowest BCUT2D eigenvalue weighted by molar-refractivity contribution is -0.870. The SMILES string of the molecule is CC(C)CCC[C@@H](C)[C@H]1CC[C@H]2[C@@H]3CC=C4C[C@@H](OC(=O)[C@H](C)OP(=O)(O)OCC[N+](C)(C)C)CC[C@]4(C)[C@H]3CC[C@]12C.[OH-]. The number of nitrogens with zero attached hydrogens (tertiary/aromatic N) is 1. The number of rotatable bonds is 13.